The Morgan fingerprint density at radius 1 is 1.00 bits per heavy atom. The fraction of sp³-hybridized carbons (Fsp3) is 0.158. The highest BCUT2D eigenvalue weighted by Crippen LogP contribution is 2.19. The van der Waals surface area contributed by atoms with Crippen LogP contribution in [0.25, 0.3) is 11.3 Å². The number of rotatable bonds is 7. The van der Waals surface area contributed by atoms with Crippen molar-refractivity contribution in [2.24, 2.45) is 0 Å². The fourth-order valence-corrected chi connectivity index (χ4v) is 2.99. The molecular weight excluding hydrogens is 320 g/mol. The van der Waals surface area contributed by atoms with Crippen LogP contribution in [0.1, 0.15) is 6.42 Å². The smallest absolute Gasteiger partial charge is 0.252 e. The lowest BCUT2D eigenvalue weighted by Gasteiger charge is -2.06. The summed E-state index contributed by atoms with van der Waals surface area (Å²) in [7, 11) is 0. The van der Waals surface area contributed by atoms with Crippen LogP contribution in [-0.2, 0) is 0 Å². The lowest BCUT2D eigenvalue weighted by Crippen LogP contribution is -2.08. The SMILES string of the molecule is O=c1cc(-c2ccccc2)nc(SCCCOc2ccccc2)[nH]1. The summed E-state index contributed by atoms with van der Waals surface area (Å²) >= 11 is 1.53. The molecule has 0 aliphatic carbocycles. The molecule has 0 aliphatic heterocycles. The second kappa shape index (κ2) is 8.36. The minimum absolute atomic E-state index is 0.133. The molecule has 1 N–H and O–H groups in total. The van der Waals surface area contributed by atoms with Crippen LogP contribution in [0.4, 0.5) is 0 Å². The average molecular weight is 338 g/mol. The number of aromatic nitrogens is 2. The molecule has 2 aromatic carbocycles. The molecule has 3 rings (SSSR count). The Hall–Kier alpha value is -2.53. The quantitative estimate of drug-likeness (QED) is 0.402. The Kier molecular flexibility index (Phi) is 5.69. The van der Waals surface area contributed by atoms with Gasteiger partial charge in [-0.15, -0.1) is 0 Å². The molecule has 0 aliphatic rings. The Morgan fingerprint density at radius 3 is 2.46 bits per heavy atom. The average Bonchev–Trinajstić information content (AvgIpc) is 2.63. The molecule has 0 saturated carbocycles. The van der Waals surface area contributed by atoms with Crippen LogP contribution in [0.2, 0.25) is 0 Å². The van der Waals surface area contributed by atoms with Gasteiger partial charge in [0.25, 0.3) is 5.56 Å². The first kappa shape index (κ1) is 16.3. The predicted molar refractivity (Wildman–Crippen MR) is 97.6 cm³/mol. The van der Waals surface area contributed by atoms with Gasteiger partial charge in [0, 0.05) is 17.4 Å². The summed E-state index contributed by atoms with van der Waals surface area (Å²) in [4.78, 5) is 19.1. The topological polar surface area (TPSA) is 55.0 Å². The third-order valence-corrected chi connectivity index (χ3v) is 4.29. The van der Waals surface area contributed by atoms with E-state index in [9.17, 15) is 4.79 Å². The zero-order valence-electron chi connectivity index (χ0n) is 13.1. The summed E-state index contributed by atoms with van der Waals surface area (Å²) in [6, 6.07) is 21.0. The normalized spacial score (nSPS) is 10.5. The van der Waals surface area contributed by atoms with Crippen LogP contribution in [0.3, 0.4) is 0 Å². The lowest BCUT2D eigenvalue weighted by molar-refractivity contribution is 0.318. The molecule has 3 aromatic rings. The van der Waals surface area contributed by atoms with Gasteiger partial charge in [0.2, 0.25) is 0 Å². The number of hydrogen-bond acceptors (Lipinski definition) is 4. The van der Waals surface area contributed by atoms with Gasteiger partial charge in [-0.1, -0.05) is 60.3 Å². The van der Waals surface area contributed by atoms with Gasteiger partial charge >= 0.3 is 0 Å². The predicted octanol–water partition coefficient (Wildman–Crippen LogP) is 4.00. The van der Waals surface area contributed by atoms with E-state index in [0.717, 1.165) is 23.5 Å². The Balaban J connectivity index is 1.54. The molecule has 4 nitrogen and oxygen atoms in total. The van der Waals surface area contributed by atoms with Gasteiger partial charge in [0.05, 0.1) is 12.3 Å². The van der Waals surface area contributed by atoms with Crippen LogP contribution in [0.15, 0.2) is 76.7 Å². The molecule has 0 spiro atoms. The second-order valence-corrected chi connectivity index (χ2v) is 6.25. The van der Waals surface area contributed by atoms with Crippen molar-refractivity contribution in [3.8, 4) is 17.0 Å². The third-order valence-electron chi connectivity index (χ3n) is 3.33. The van der Waals surface area contributed by atoms with Gasteiger partial charge in [-0.2, -0.15) is 0 Å². The van der Waals surface area contributed by atoms with Crippen LogP contribution in [0, 0.1) is 0 Å². The first-order valence-electron chi connectivity index (χ1n) is 7.79. The van der Waals surface area contributed by atoms with Crippen LogP contribution in [-0.4, -0.2) is 22.3 Å². The fourth-order valence-electron chi connectivity index (χ4n) is 2.19. The van der Waals surface area contributed by atoms with Gasteiger partial charge in [0.1, 0.15) is 5.75 Å². The molecule has 0 amide bonds. The largest absolute Gasteiger partial charge is 0.494 e. The lowest BCUT2D eigenvalue weighted by atomic mass is 10.1. The van der Waals surface area contributed by atoms with Crippen molar-refractivity contribution in [1.29, 1.82) is 0 Å². The number of H-pyrrole nitrogens is 1. The molecule has 0 saturated heterocycles. The summed E-state index contributed by atoms with van der Waals surface area (Å²) in [6.45, 7) is 0.639. The van der Waals surface area contributed by atoms with E-state index >= 15 is 0 Å². The van der Waals surface area contributed by atoms with Crippen LogP contribution < -0.4 is 10.3 Å². The Labute approximate surface area is 144 Å². The van der Waals surface area contributed by atoms with Gasteiger partial charge in [-0.05, 0) is 18.6 Å². The highest BCUT2D eigenvalue weighted by Gasteiger charge is 2.04. The first-order chi connectivity index (χ1) is 11.8. The highest BCUT2D eigenvalue weighted by molar-refractivity contribution is 7.99. The third kappa shape index (κ3) is 4.73. The van der Waals surface area contributed by atoms with E-state index in [2.05, 4.69) is 9.97 Å². The molecule has 0 unspecified atom stereocenters. The van der Waals surface area contributed by atoms with Crippen molar-refractivity contribution >= 4 is 11.8 Å². The van der Waals surface area contributed by atoms with Gasteiger partial charge in [0.15, 0.2) is 5.16 Å². The summed E-state index contributed by atoms with van der Waals surface area (Å²) in [5.41, 5.74) is 1.51. The molecule has 0 atom stereocenters. The molecule has 0 bridgehead atoms. The maximum absolute atomic E-state index is 11.8. The molecule has 122 valence electrons. The number of nitrogens with one attached hydrogen (secondary N) is 1. The Morgan fingerprint density at radius 2 is 1.71 bits per heavy atom. The van der Waals surface area contributed by atoms with Crippen molar-refractivity contribution < 1.29 is 4.74 Å². The van der Waals surface area contributed by atoms with Crippen molar-refractivity contribution in [3.63, 3.8) is 0 Å². The minimum atomic E-state index is -0.133. The first-order valence-corrected chi connectivity index (χ1v) is 8.77. The molecular formula is C19H18N2O2S. The van der Waals surface area contributed by atoms with E-state index in [4.69, 9.17) is 4.74 Å². The van der Waals surface area contributed by atoms with Gasteiger partial charge < -0.3 is 9.72 Å². The summed E-state index contributed by atoms with van der Waals surface area (Å²) in [5, 5.41) is 0.640. The van der Waals surface area contributed by atoms with E-state index in [1.807, 2.05) is 60.7 Å². The van der Waals surface area contributed by atoms with Gasteiger partial charge in [-0.3, -0.25) is 4.79 Å². The van der Waals surface area contributed by atoms with Gasteiger partial charge in [-0.25, -0.2) is 4.98 Å². The number of benzene rings is 2. The number of para-hydroxylation sites is 1. The minimum Gasteiger partial charge on any atom is -0.494 e. The van der Waals surface area contributed by atoms with E-state index in [1.54, 1.807) is 0 Å². The number of hydrogen-bond donors (Lipinski definition) is 1. The standard InChI is InChI=1S/C19H18N2O2S/c22-18-14-17(15-8-3-1-4-9-15)20-19(21-18)24-13-7-12-23-16-10-5-2-6-11-16/h1-6,8-11,14H,7,12-13H2,(H,20,21,22). The maximum atomic E-state index is 11.8. The van der Waals surface area contributed by atoms with Crippen molar-refractivity contribution in [1.82, 2.24) is 9.97 Å². The molecule has 5 heteroatoms. The number of thioether (sulfide) groups is 1. The highest BCUT2D eigenvalue weighted by atomic mass is 32.2. The van der Waals surface area contributed by atoms with Crippen LogP contribution >= 0.6 is 11.8 Å². The monoisotopic (exact) mass is 338 g/mol. The second-order valence-electron chi connectivity index (χ2n) is 5.17. The van der Waals surface area contributed by atoms with E-state index in [-0.39, 0.29) is 5.56 Å². The molecule has 0 fully saturated rings. The van der Waals surface area contributed by atoms with Crippen LogP contribution in [0.5, 0.6) is 5.75 Å². The zero-order valence-corrected chi connectivity index (χ0v) is 14.0. The van der Waals surface area contributed by atoms with E-state index < -0.39 is 0 Å². The van der Waals surface area contributed by atoms with E-state index in [0.29, 0.717) is 17.5 Å². The summed E-state index contributed by atoms with van der Waals surface area (Å²) in [5.74, 6) is 1.70. The summed E-state index contributed by atoms with van der Waals surface area (Å²) < 4.78 is 5.66. The number of aromatic amines is 1. The summed E-state index contributed by atoms with van der Waals surface area (Å²) in [6.07, 6.45) is 0.874. The Bertz CT molecular complexity index is 820. The van der Waals surface area contributed by atoms with Crippen molar-refractivity contribution in [2.75, 3.05) is 12.4 Å². The molecule has 1 heterocycles. The van der Waals surface area contributed by atoms with Crippen molar-refractivity contribution in [3.05, 3.63) is 77.1 Å². The maximum Gasteiger partial charge on any atom is 0.252 e. The molecule has 1 aromatic heterocycles. The number of nitrogens with zero attached hydrogens (tertiary/aromatic N) is 1. The molecule has 0 radical (unpaired) electrons. The number of ether oxygens (including phenoxy) is 1. The van der Waals surface area contributed by atoms with Crippen molar-refractivity contribution in [2.45, 2.75) is 11.6 Å². The zero-order chi connectivity index (χ0) is 16.6. The molecule has 24 heavy (non-hydrogen) atoms. The van der Waals surface area contributed by atoms with E-state index in [1.165, 1.54) is 17.8 Å².